The van der Waals surface area contributed by atoms with Crippen molar-refractivity contribution in [3.8, 4) is 5.75 Å². The second kappa shape index (κ2) is 5.00. The number of phenolic OH excluding ortho intramolecular Hbond substituents is 1. The lowest BCUT2D eigenvalue weighted by Gasteiger charge is -2.27. The van der Waals surface area contributed by atoms with E-state index in [2.05, 4.69) is 9.55 Å². The summed E-state index contributed by atoms with van der Waals surface area (Å²) in [5, 5.41) is 9.30. The molecule has 5 heteroatoms. The van der Waals surface area contributed by atoms with E-state index in [1.54, 1.807) is 42.4 Å². The number of amides is 1. The van der Waals surface area contributed by atoms with Crippen molar-refractivity contribution < 1.29 is 9.90 Å². The normalized spacial score (nSPS) is 17.6. The van der Waals surface area contributed by atoms with Gasteiger partial charge in [0.25, 0.3) is 0 Å². The summed E-state index contributed by atoms with van der Waals surface area (Å²) in [6.45, 7) is 0.842. The second-order valence-corrected chi connectivity index (χ2v) is 5.14. The van der Waals surface area contributed by atoms with Crippen LogP contribution >= 0.6 is 0 Å². The minimum Gasteiger partial charge on any atom is -0.508 e. The van der Waals surface area contributed by atoms with Crippen molar-refractivity contribution in [3.05, 3.63) is 42.5 Å². The van der Waals surface area contributed by atoms with Crippen LogP contribution in [0.15, 0.2) is 36.7 Å². The van der Waals surface area contributed by atoms with Gasteiger partial charge in [-0.25, -0.2) is 4.98 Å². The fourth-order valence-corrected chi connectivity index (χ4v) is 2.64. The Morgan fingerprint density at radius 1 is 1.40 bits per heavy atom. The molecule has 0 saturated carbocycles. The van der Waals surface area contributed by atoms with Gasteiger partial charge in [-0.2, -0.15) is 0 Å². The summed E-state index contributed by atoms with van der Waals surface area (Å²) in [4.78, 5) is 18.5. The number of aromatic nitrogens is 2. The Kier molecular flexibility index (Phi) is 3.18. The number of fused-ring (bicyclic) bond motifs is 1. The molecule has 0 saturated heterocycles. The quantitative estimate of drug-likeness (QED) is 0.906. The molecular weight excluding hydrogens is 254 g/mol. The highest BCUT2D eigenvalue weighted by atomic mass is 16.3. The lowest BCUT2D eigenvalue weighted by atomic mass is 9.96. The molecule has 0 bridgehead atoms. The molecular formula is C15H17N3O2. The molecule has 0 aliphatic carbocycles. The number of aryl methyl sites for hydroxylation is 1. The van der Waals surface area contributed by atoms with Crippen LogP contribution in [0.1, 0.15) is 12.2 Å². The topological polar surface area (TPSA) is 58.4 Å². The number of nitrogens with zero attached hydrogens (tertiary/aromatic N) is 3. The molecule has 1 amide bonds. The first-order valence-corrected chi connectivity index (χ1v) is 6.72. The van der Waals surface area contributed by atoms with Crippen molar-refractivity contribution in [3.63, 3.8) is 0 Å². The zero-order chi connectivity index (χ0) is 14.1. The van der Waals surface area contributed by atoms with Gasteiger partial charge in [0.15, 0.2) is 0 Å². The molecule has 0 fully saturated rings. The molecule has 1 unspecified atom stereocenters. The van der Waals surface area contributed by atoms with Gasteiger partial charge >= 0.3 is 0 Å². The van der Waals surface area contributed by atoms with E-state index in [1.807, 2.05) is 6.20 Å². The monoisotopic (exact) mass is 271 g/mol. The van der Waals surface area contributed by atoms with Crippen molar-refractivity contribution in [1.82, 2.24) is 9.55 Å². The smallest absolute Gasteiger partial charge is 0.230 e. The van der Waals surface area contributed by atoms with E-state index in [4.69, 9.17) is 0 Å². The van der Waals surface area contributed by atoms with Crippen LogP contribution in [0.4, 0.5) is 5.69 Å². The molecule has 5 nitrogen and oxygen atoms in total. The molecule has 1 aliphatic heterocycles. The molecule has 0 spiro atoms. The van der Waals surface area contributed by atoms with Gasteiger partial charge in [-0.3, -0.25) is 4.79 Å². The first-order valence-electron chi connectivity index (χ1n) is 6.72. The van der Waals surface area contributed by atoms with Crippen LogP contribution in [0, 0.1) is 5.92 Å². The lowest BCUT2D eigenvalue weighted by molar-refractivity contribution is -0.122. The summed E-state index contributed by atoms with van der Waals surface area (Å²) in [6, 6.07) is 6.67. The van der Waals surface area contributed by atoms with Crippen LogP contribution in [0.25, 0.3) is 0 Å². The first kappa shape index (κ1) is 12.7. The molecule has 1 N–H and O–H groups in total. The molecule has 0 radical (unpaired) electrons. The van der Waals surface area contributed by atoms with Gasteiger partial charge < -0.3 is 14.6 Å². The predicted molar refractivity (Wildman–Crippen MR) is 75.6 cm³/mol. The maximum absolute atomic E-state index is 12.5. The Labute approximate surface area is 117 Å². The number of hydrogen-bond donors (Lipinski definition) is 1. The second-order valence-electron chi connectivity index (χ2n) is 5.14. The molecule has 1 aromatic carbocycles. The first-order chi connectivity index (χ1) is 9.65. The summed E-state index contributed by atoms with van der Waals surface area (Å²) in [5.41, 5.74) is 0.793. The number of benzene rings is 1. The Hall–Kier alpha value is -2.30. The number of carbonyl (C=O) groups excluding carboxylic acids is 1. The highest BCUT2D eigenvalue weighted by molar-refractivity contribution is 5.94. The number of phenols is 1. The van der Waals surface area contributed by atoms with E-state index in [0.717, 1.165) is 24.5 Å². The number of imidazole rings is 1. The number of aromatic hydroxyl groups is 1. The Morgan fingerprint density at radius 2 is 2.15 bits per heavy atom. The largest absolute Gasteiger partial charge is 0.508 e. The van der Waals surface area contributed by atoms with E-state index in [-0.39, 0.29) is 17.6 Å². The minimum atomic E-state index is -0.0243. The molecule has 1 aromatic heterocycles. The third-order valence-electron chi connectivity index (χ3n) is 3.87. The molecule has 2 aromatic rings. The average molecular weight is 271 g/mol. The maximum atomic E-state index is 12.5. The molecule has 2 heterocycles. The van der Waals surface area contributed by atoms with Crippen molar-refractivity contribution in [2.45, 2.75) is 19.4 Å². The van der Waals surface area contributed by atoms with Gasteiger partial charge in [-0.05, 0) is 30.7 Å². The number of anilines is 1. The molecule has 20 heavy (non-hydrogen) atoms. The predicted octanol–water partition coefficient (Wildman–Crippen LogP) is 1.81. The zero-order valence-corrected chi connectivity index (χ0v) is 11.4. The summed E-state index contributed by atoms with van der Waals surface area (Å²) in [6.07, 6.45) is 5.27. The van der Waals surface area contributed by atoms with E-state index < -0.39 is 0 Å². The van der Waals surface area contributed by atoms with Gasteiger partial charge in [0.1, 0.15) is 11.6 Å². The molecule has 3 rings (SSSR count). The van der Waals surface area contributed by atoms with Crippen LogP contribution in [0.5, 0.6) is 5.75 Å². The van der Waals surface area contributed by atoms with E-state index in [9.17, 15) is 9.90 Å². The lowest BCUT2D eigenvalue weighted by Crippen LogP contribution is -2.36. The summed E-state index contributed by atoms with van der Waals surface area (Å²) in [5.74, 6) is 1.26. The fraction of sp³-hybridized carbons (Fsp3) is 0.333. The van der Waals surface area contributed by atoms with Crippen molar-refractivity contribution in [2.24, 2.45) is 5.92 Å². The minimum absolute atomic E-state index is 0.0243. The van der Waals surface area contributed by atoms with Crippen molar-refractivity contribution in [1.29, 1.82) is 0 Å². The maximum Gasteiger partial charge on any atom is 0.230 e. The Balaban J connectivity index is 1.74. The number of hydrogen-bond acceptors (Lipinski definition) is 3. The van der Waals surface area contributed by atoms with E-state index in [0.29, 0.717) is 6.42 Å². The summed E-state index contributed by atoms with van der Waals surface area (Å²) < 4.78 is 2.10. The van der Waals surface area contributed by atoms with Gasteiger partial charge in [0.2, 0.25) is 5.91 Å². The number of carbonyl (C=O) groups is 1. The molecule has 1 atom stereocenters. The van der Waals surface area contributed by atoms with Crippen molar-refractivity contribution in [2.75, 3.05) is 11.9 Å². The van der Waals surface area contributed by atoms with Gasteiger partial charge in [0.05, 0.1) is 0 Å². The van der Waals surface area contributed by atoms with Crippen LogP contribution in [0.3, 0.4) is 0 Å². The van der Waals surface area contributed by atoms with Gasteiger partial charge in [-0.15, -0.1) is 0 Å². The fourth-order valence-electron chi connectivity index (χ4n) is 2.64. The third-order valence-corrected chi connectivity index (χ3v) is 3.87. The molecule has 1 aliphatic rings. The third kappa shape index (κ3) is 2.27. The Morgan fingerprint density at radius 3 is 2.90 bits per heavy atom. The summed E-state index contributed by atoms with van der Waals surface area (Å²) >= 11 is 0. The number of rotatable bonds is 2. The van der Waals surface area contributed by atoms with Gasteiger partial charge in [-0.1, -0.05) is 0 Å². The van der Waals surface area contributed by atoms with Crippen LogP contribution < -0.4 is 4.90 Å². The summed E-state index contributed by atoms with van der Waals surface area (Å²) in [7, 11) is 1.77. The highest BCUT2D eigenvalue weighted by Gasteiger charge is 2.28. The van der Waals surface area contributed by atoms with E-state index in [1.165, 1.54) is 0 Å². The zero-order valence-electron chi connectivity index (χ0n) is 11.4. The standard InChI is InChI=1S/C15H17N3O2/c1-17(12-2-4-13(19)5-3-12)15(20)11-6-8-18-9-7-16-14(18)10-11/h2-5,7,9,11,19H,6,8,10H2,1H3. The van der Waals surface area contributed by atoms with Crippen LogP contribution in [0.2, 0.25) is 0 Å². The SMILES string of the molecule is CN(C(=O)C1CCn2ccnc2C1)c1ccc(O)cc1. The Bertz CT molecular complexity index is 618. The molecule has 104 valence electrons. The van der Waals surface area contributed by atoms with Crippen LogP contribution in [-0.2, 0) is 17.8 Å². The average Bonchev–Trinajstić information content (AvgIpc) is 2.94. The highest BCUT2D eigenvalue weighted by Crippen LogP contribution is 2.24. The van der Waals surface area contributed by atoms with Crippen LogP contribution in [-0.4, -0.2) is 27.6 Å². The van der Waals surface area contributed by atoms with E-state index >= 15 is 0 Å². The van der Waals surface area contributed by atoms with Crippen molar-refractivity contribution >= 4 is 11.6 Å². The van der Waals surface area contributed by atoms with Gasteiger partial charge in [0, 0.05) is 44.0 Å².